The molecule has 1 heterocycles. The monoisotopic (exact) mass is 298 g/mol. The summed E-state index contributed by atoms with van der Waals surface area (Å²) in [5.41, 5.74) is 6.46. The quantitative estimate of drug-likeness (QED) is 0.651. The molecule has 20 heavy (non-hydrogen) atoms. The highest BCUT2D eigenvalue weighted by molar-refractivity contribution is 7.91. The van der Waals surface area contributed by atoms with Crippen LogP contribution in [-0.4, -0.2) is 31.4 Å². The summed E-state index contributed by atoms with van der Waals surface area (Å²) in [5.74, 6) is 0.369. The van der Waals surface area contributed by atoms with Crippen molar-refractivity contribution in [1.29, 1.82) is 0 Å². The number of hydrogen-bond donors (Lipinski definition) is 1. The third-order valence-electron chi connectivity index (χ3n) is 3.99. The highest BCUT2D eigenvalue weighted by Gasteiger charge is 2.40. The van der Waals surface area contributed by atoms with Crippen LogP contribution in [0.3, 0.4) is 0 Å². The largest absolute Gasteiger partial charge is 0.330 e. The molecule has 0 aromatic heterocycles. The number of nitro groups is 1. The van der Waals surface area contributed by atoms with Crippen LogP contribution >= 0.6 is 0 Å². The molecule has 1 aliphatic heterocycles. The number of aryl methyl sites for hydroxylation is 1. The molecule has 0 spiro atoms. The van der Waals surface area contributed by atoms with Crippen LogP contribution in [0.5, 0.6) is 0 Å². The lowest BCUT2D eigenvalue weighted by molar-refractivity contribution is -0.384. The molecule has 1 saturated heterocycles. The predicted molar refractivity (Wildman–Crippen MR) is 76.2 cm³/mol. The number of nitrogens with two attached hydrogens (primary N) is 1. The highest BCUT2D eigenvalue weighted by Crippen LogP contribution is 2.35. The number of non-ortho nitro benzene ring substituents is 1. The number of rotatable bonds is 5. The second kappa shape index (κ2) is 5.49. The Morgan fingerprint density at radius 1 is 1.30 bits per heavy atom. The van der Waals surface area contributed by atoms with E-state index in [1.54, 1.807) is 12.1 Å². The van der Waals surface area contributed by atoms with Crippen molar-refractivity contribution >= 4 is 15.5 Å². The van der Waals surface area contributed by atoms with Crippen LogP contribution in [0, 0.1) is 15.5 Å². The van der Waals surface area contributed by atoms with Crippen LogP contribution in [0.4, 0.5) is 5.69 Å². The molecule has 6 nitrogen and oxygen atoms in total. The average Bonchev–Trinajstić information content (AvgIpc) is 2.73. The van der Waals surface area contributed by atoms with Gasteiger partial charge in [-0.3, -0.25) is 10.1 Å². The van der Waals surface area contributed by atoms with Crippen LogP contribution in [0.2, 0.25) is 0 Å². The predicted octanol–water partition coefficient (Wildman–Crippen LogP) is 1.29. The summed E-state index contributed by atoms with van der Waals surface area (Å²) in [4.78, 5) is 10.1. The molecule has 1 aliphatic rings. The molecule has 1 aromatic rings. The molecule has 0 aliphatic carbocycles. The normalized spacial score (nSPS) is 24.6. The summed E-state index contributed by atoms with van der Waals surface area (Å²) in [6, 6.07) is 6.36. The van der Waals surface area contributed by atoms with Crippen LogP contribution in [0.25, 0.3) is 0 Å². The molecule has 2 rings (SSSR count). The first-order valence-electron chi connectivity index (χ1n) is 6.50. The second-order valence-electron chi connectivity index (χ2n) is 5.47. The van der Waals surface area contributed by atoms with Gasteiger partial charge in [-0.15, -0.1) is 0 Å². The van der Waals surface area contributed by atoms with Crippen molar-refractivity contribution in [3.63, 3.8) is 0 Å². The average molecular weight is 298 g/mol. The topological polar surface area (TPSA) is 103 Å². The fourth-order valence-electron chi connectivity index (χ4n) is 2.64. The summed E-state index contributed by atoms with van der Waals surface area (Å²) in [6.07, 6.45) is 1.99. The van der Waals surface area contributed by atoms with E-state index in [0.717, 1.165) is 5.56 Å². The summed E-state index contributed by atoms with van der Waals surface area (Å²) < 4.78 is 23.2. The van der Waals surface area contributed by atoms with E-state index < -0.39 is 14.8 Å². The van der Waals surface area contributed by atoms with E-state index in [9.17, 15) is 18.5 Å². The summed E-state index contributed by atoms with van der Waals surface area (Å²) >= 11 is 0. The number of benzene rings is 1. The van der Waals surface area contributed by atoms with Gasteiger partial charge >= 0.3 is 0 Å². The Morgan fingerprint density at radius 3 is 2.40 bits per heavy atom. The molecular formula is C13H18N2O4S. The first-order valence-corrected chi connectivity index (χ1v) is 8.32. The fourth-order valence-corrected chi connectivity index (χ4v) is 4.86. The van der Waals surface area contributed by atoms with Gasteiger partial charge in [0.1, 0.15) is 0 Å². The molecule has 1 fully saturated rings. The zero-order valence-corrected chi connectivity index (χ0v) is 11.9. The van der Waals surface area contributed by atoms with Crippen LogP contribution in [0.1, 0.15) is 18.4 Å². The maximum absolute atomic E-state index is 11.6. The molecule has 7 heteroatoms. The Kier molecular flexibility index (Phi) is 4.10. The molecule has 0 bridgehead atoms. The molecule has 2 N–H and O–H groups in total. The van der Waals surface area contributed by atoms with E-state index in [2.05, 4.69) is 0 Å². The minimum atomic E-state index is -2.96. The van der Waals surface area contributed by atoms with E-state index in [1.165, 1.54) is 12.1 Å². The zero-order valence-electron chi connectivity index (χ0n) is 11.1. The van der Waals surface area contributed by atoms with Gasteiger partial charge in [-0.05, 0) is 36.8 Å². The maximum Gasteiger partial charge on any atom is 0.269 e. The molecule has 1 aromatic carbocycles. The number of sulfone groups is 1. The minimum Gasteiger partial charge on any atom is -0.330 e. The second-order valence-corrected chi connectivity index (χ2v) is 7.65. The van der Waals surface area contributed by atoms with Crippen LogP contribution in [-0.2, 0) is 16.3 Å². The van der Waals surface area contributed by atoms with Gasteiger partial charge in [-0.25, -0.2) is 8.42 Å². The fraction of sp³-hybridized carbons (Fsp3) is 0.538. The summed E-state index contributed by atoms with van der Waals surface area (Å²) in [7, 11) is -2.96. The Bertz CT molecular complexity index is 597. The van der Waals surface area contributed by atoms with Crippen molar-refractivity contribution in [2.75, 3.05) is 18.1 Å². The summed E-state index contributed by atoms with van der Waals surface area (Å²) in [5, 5.41) is 10.6. The van der Waals surface area contributed by atoms with Gasteiger partial charge in [-0.1, -0.05) is 12.1 Å². The first-order chi connectivity index (χ1) is 9.36. The van der Waals surface area contributed by atoms with E-state index in [0.29, 0.717) is 25.8 Å². The van der Waals surface area contributed by atoms with E-state index in [1.807, 2.05) is 0 Å². The zero-order chi connectivity index (χ0) is 14.8. The first kappa shape index (κ1) is 14.9. The lowest BCUT2D eigenvalue weighted by Crippen LogP contribution is -2.32. The number of nitrogens with zero attached hydrogens (tertiary/aromatic N) is 1. The Labute approximate surface area is 118 Å². The van der Waals surface area contributed by atoms with Crippen molar-refractivity contribution in [3.8, 4) is 0 Å². The molecule has 0 radical (unpaired) electrons. The third-order valence-corrected chi connectivity index (χ3v) is 5.87. The molecule has 1 unspecified atom stereocenters. The van der Waals surface area contributed by atoms with E-state index >= 15 is 0 Å². The van der Waals surface area contributed by atoms with Gasteiger partial charge in [0, 0.05) is 12.1 Å². The Morgan fingerprint density at radius 2 is 1.95 bits per heavy atom. The van der Waals surface area contributed by atoms with Crippen molar-refractivity contribution < 1.29 is 13.3 Å². The SMILES string of the molecule is NCC1(CCc2ccc([N+](=O)[O-])cc2)CCS(=O)(=O)C1. The van der Waals surface area contributed by atoms with Crippen molar-refractivity contribution in [3.05, 3.63) is 39.9 Å². The molecule has 1 atom stereocenters. The lowest BCUT2D eigenvalue weighted by atomic mass is 9.82. The van der Waals surface area contributed by atoms with Crippen molar-refractivity contribution in [2.24, 2.45) is 11.1 Å². The van der Waals surface area contributed by atoms with Crippen molar-refractivity contribution in [2.45, 2.75) is 19.3 Å². The van der Waals surface area contributed by atoms with Gasteiger partial charge in [-0.2, -0.15) is 0 Å². The third kappa shape index (κ3) is 3.34. The standard InChI is InChI=1S/C13H18N2O4S/c14-9-13(7-8-20(18,19)10-13)6-5-11-1-3-12(4-2-11)15(16)17/h1-4H,5-10,14H2. The van der Waals surface area contributed by atoms with Crippen LogP contribution in [0.15, 0.2) is 24.3 Å². The van der Waals surface area contributed by atoms with Crippen LogP contribution < -0.4 is 5.73 Å². The lowest BCUT2D eigenvalue weighted by Gasteiger charge is -2.25. The van der Waals surface area contributed by atoms with E-state index in [4.69, 9.17) is 5.73 Å². The van der Waals surface area contributed by atoms with Gasteiger partial charge in [0.05, 0.1) is 16.4 Å². The van der Waals surface area contributed by atoms with Gasteiger partial charge in [0.25, 0.3) is 5.69 Å². The van der Waals surface area contributed by atoms with Gasteiger partial charge in [0.15, 0.2) is 9.84 Å². The Balaban J connectivity index is 2.02. The Hall–Kier alpha value is -1.47. The molecule has 0 saturated carbocycles. The minimum absolute atomic E-state index is 0.0609. The van der Waals surface area contributed by atoms with Gasteiger partial charge < -0.3 is 5.73 Å². The molecule has 0 amide bonds. The smallest absolute Gasteiger partial charge is 0.269 e. The van der Waals surface area contributed by atoms with Gasteiger partial charge in [0.2, 0.25) is 0 Å². The number of hydrogen-bond acceptors (Lipinski definition) is 5. The molecular weight excluding hydrogens is 280 g/mol. The highest BCUT2D eigenvalue weighted by atomic mass is 32.2. The maximum atomic E-state index is 11.6. The molecule has 110 valence electrons. The summed E-state index contributed by atoms with van der Waals surface area (Å²) in [6.45, 7) is 0.360. The van der Waals surface area contributed by atoms with Crippen molar-refractivity contribution in [1.82, 2.24) is 0 Å². The van der Waals surface area contributed by atoms with E-state index in [-0.39, 0.29) is 22.6 Å². The number of nitro benzene ring substituents is 1.